The SMILES string of the molecule is COc1cc(/C=N\NC(C)=O)ccc1OCC(=O)Nc1ccccc1C(F)(F)F. The molecule has 0 fully saturated rings. The van der Waals surface area contributed by atoms with E-state index in [1.165, 1.54) is 38.4 Å². The number of anilines is 1. The summed E-state index contributed by atoms with van der Waals surface area (Å²) in [7, 11) is 1.39. The van der Waals surface area contributed by atoms with Gasteiger partial charge in [0.05, 0.1) is 24.6 Å². The number of alkyl halides is 3. The van der Waals surface area contributed by atoms with E-state index in [0.29, 0.717) is 5.56 Å². The van der Waals surface area contributed by atoms with E-state index in [9.17, 15) is 22.8 Å². The third-order valence-electron chi connectivity index (χ3n) is 3.49. The van der Waals surface area contributed by atoms with Gasteiger partial charge in [-0.2, -0.15) is 18.3 Å². The van der Waals surface area contributed by atoms with Gasteiger partial charge in [-0.15, -0.1) is 0 Å². The largest absolute Gasteiger partial charge is 0.493 e. The standard InChI is InChI=1S/C19H18F3N3O4/c1-12(26)25-23-10-13-7-8-16(17(9-13)28-2)29-11-18(27)24-15-6-4-3-5-14(15)19(20,21)22/h3-10H,11H2,1-2H3,(H,24,27)(H,25,26)/b23-10-. The molecule has 154 valence electrons. The summed E-state index contributed by atoms with van der Waals surface area (Å²) < 4.78 is 49.5. The van der Waals surface area contributed by atoms with Crippen LogP contribution in [0.25, 0.3) is 0 Å². The Morgan fingerprint density at radius 2 is 1.86 bits per heavy atom. The maximum Gasteiger partial charge on any atom is 0.418 e. The highest BCUT2D eigenvalue weighted by molar-refractivity contribution is 5.92. The van der Waals surface area contributed by atoms with Crippen molar-refractivity contribution >= 4 is 23.7 Å². The summed E-state index contributed by atoms with van der Waals surface area (Å²) >= 11 is 0. The smallest absolute Gasteiger partial charge is 0.418 e. The molecule has 29 heavy (non-hydrogen) atoms. The van der Waals surface area contributed by atoms with Crippen molar-refractivity contribution < 1.29 is 32.2 Å². The lowest BCUT2D eigenvalue weighted by molar-refractivity contribution is -0.137. The molecular formula is C19H18F3N3O4. The molecule has 0 aliphatic heterocycles. The van der Waals surface area contributed by atoms with Crippen molar-refractivity contribution in [3.05, 3.63) is 53.6 Å². The number of rotatable bonds is 7. The molecule has 0 aliphatic carbocycles. The Morgan fingerprint density at radius 1 is 1.14 bits per heavy atom. The number of para-hydroxylation sites is 1. The summed E-state index contributed by atoms with van der Waals surface area (Å²) in [6.45, 7) is 0.787. The van der Waals surface area contributed by atoms with Crippen LogP contribution in [0.2, 0.25) is 0 Å². The first kappa shape index (κ1) is 21.7. The predicted molar refractivity (Wildman–Crippen MR) is 100.0 cm³/mol. The maximum atomic E-state index is 13.0. The lowest BCUT2D eigenvalue weighted by Gasteiger charge is -2.14. The van der Waals surface area contributed by atoms with Gasteiger partial charge in [0.1, 0.15) is 0 Å². The van der Waals surface area contributed by atoms with Crippen LogP contribution < -0.4 is 20.2 Å². The van der Waals surface area contributed by atoms with Crippen LogP contribution in [0.4, 0.5) is 18.9 Å². The molecule has 0 atom stereocenters. The average Bonchev–Trinajstić information content (AvgIpc) is 2.66. The van der Waals surface area contributed by atoms with Crippen molar-refractivity contribution in [3.63, 3.8) is 0 Å². The fourth-order valence-electron chi connectivity index (χ4n) is 2.25. The topological polar surface area (TPSA) is 89.0 Å². The number of hydrogen-bond donors (Lipinski definition) is 2. The van der Waals surface area contributed by atoms with E-state index in [0.717, 1.165) is 12.1 Å². The van der Waals surface area contributed by atoms with Gasteiger partial charge in [-0.05, 0) is 35.9 Å². The highest BCUT2D eigenvalue weighted by Gasteiger charge is 2.33. The minimum Gasteiger partial charge on any atom is -0.493 e. The number of nitrogens with zero attached hydrogens (tertiary/aromatic N) is 1. The molecule has 0 bridgehead atoms. The predicted octanol–water partition coefficient (Wildman–Crippen LogP) is 3.20. The molecule has 2 rings (SSSR count). The summed E-state index contributed by atoms with van der Waals surface area (Å²) in [5, 5.41) is 5.91. The summed E-state index contributed by atoms with van der Waals surface area (Å²) in [6, 6.07) is 9.31. The number of nitrogens with one attached hydrogen (secondary N) is 2. The first-order valence-electron chi connectivity index (χ1n) is 8.27. The van der Waals surface area contributed by atoms with Gasteiger partial charge >= 0.3 is 6.18 Å². The second-order valence-electron chi connectivity index (χ2n) is 5.72. The number of carbonyl (C=O) groups is 2. The number of methoxy groups -OCH3 is 1. The van der Waals surface area contributed by atoms with Crippen molar-refractivity contribution in [2.24, 2.45) is 5.10 Å². The van der Waals surface area contributed by atoms with Crippen molar-refractivity contribution in [2.45, 2.75) is 13.1 Å². The summed E-state index contributed by atoms with van der Waals surface area (Å²) in [5.74, 6) is -0.602. The number of hydrogen-bond acceptors (Lipinski definition) is 5. The molecular weight excluding hydrogens is 391 g/mol. The molecule has 0 aromatic heterocycles. The van der Waals surface area contributed by atoms with Gasteiger partial charge in [0, 0.05) is 6.92 Å². The molecule has 0 aliphatic rings. The summed E-state index contributed by atoms with van der Waals surface area (Å²) in [5.41, 5.74) is 1.53. The van der Waals surface area contributed by atoms with Gasteiger partial charge in [0.25, 0.3) is 5.91 Å². The minimum atomic E-state index is -4.59. The number of halogens is 3. The second kappa shape index (κ2) is 9.58. The van der Waals surface area contributed by atoms with Gasteiger partial charge in [-0.1, -0.05) is 12.1 Å². The zero-order chi connectivity index (χ0) is 21.4. The quantitative estimate of drug-likeness (QED) is 0.543. The zero-order valence-corrected chi connectivity index (χ0v) is 15.5. The maximum absolute atomic E-state index is 13.0. The van der Waals surface area contributed by atoms with Crippen molar-refractivity contribution in [1.82, 2.24) is 5.43 Å². The number of ether oxygens (including phenoxy) is 2. The molecule has 0 radical (unpaired) electrons. The normalized spacial score (nSPS) is 11.2. The average molecular weight is 409 g/mol. The molecule has 0 saturated carbocycles. The first-order chi connectivity index (χ1) is 13.7. The van der Waals surface area contributed by atoms with Crippen molar-refractivity contribution in [1.29, 1.82) is 0 Å². The molecule has 0 saturated heterocycles. The van der Waals surface area contributed by atoms with Crippen LogP contribution in [0.15, 0.2) is 47.6 Å². The molecule has 2 aromatic rings. The van der Waals surface area contributed by atoms with Crippen molar-refractivity contribution in [2.75, 3.05) is 19.0 Å². The van der Waals surface area contributed by atoms with Gasteiger partial charge in [0.2, 0.25) is 5.91 Å². The Balaban J connectivity index is 2.03. The van der Waals surface area contributed by atoms with E-state index in [1.807, 2.05) is 0 Å². The Bertz CT molecular complexity index is 914. The lowest BCUT2D eigenvalue weighted by Crippen LogP contribution is -2.22. The van der Waals surface area contributed by atoms with E-state index >= 15 is 0 Å². The summed E-state index contributed by atoms with van der Waals surface area (Å²) in [6.07, 6.45) is -3.21. The van der Waals surface area contributed by atoms with E-state index in [4.69, 9.17) is 9.47 Å². The van der Waals surface area contributed by atoms with Crippen LogP contribution in [0.1, 0.15) is 18.1 Å². The Morgan fingerprint density at radius 3 is 2.52 bits per heavy atom. The Kier molecular flexibility index (Phi) is 7.18. The zero-order valence-electron chi connectivity index (χ0n) is 15.5. The highest BCUT2D eigenvalue weighted by atomic mass is 19.4. The van der Waals surface area contributed by atoms with Crippen LogP contribution in [0.3, 0.4) is 0 Å². The molecule has 2 amide bonds. The minimum absolute atomic E-state index is 0.212. The van der Waals surface area contributed by atoms with Gasteiger partial charge < -0.3 is 14.8 Å². The number of carbonyl (C=O) groups excluding carboxylic acids is 2. The Hall–Kier alpha value is -3.56. The van der Waals surface area contributed by atoms with E-state index in [1.54, 1.807) is 12.1 Å². The fourth-order valence-corrected chi connectivity index (χ4v) is 2.25. The first-order valence-corrected chi connectivity index (χ1v) is 8.27. The highest BCUT2D eigenvalue weighted by Crippen LogP contribution is 2.34. The Labute approximate surface area is 164 Å². The third-order valence-corrected chi connectivity index (χ3v) is 3.49. The van der Waals surface area contributed by atoms with Crippen LogP contribution in [-0.2, 0) is 15.8 Å². The van der Waals surface area contributed by atoms with Crippen LogP contribution in [-0.4, -0.2) is 31.7 Å². The second-order valence-corrected chi connectivity index (χ2v) is 5.72. The van der Waals surface area contributed by atoms with E-state index in [-0.39, 0.29) is 23.1 Å². The molecule has 0 heterocycles. The summed E-state index contributed by atoms with van der Waals surface area (Å²) in [4.78, 5) is 22.8. The fraction of sp³-hybridized carbons (Fsp3) is 0.211. The van der Waals surface area contributed by atoms with Crippen LogP contribution in [0, 0.1) is 0 Å². The van der Waals surface area contributed by atoms with Crippen LogP contribution in [0.5, 0.6) is 11.5 Å². The van der Waals surface area contributed by atoms with E-state index in [2.05, 4.69) is 15.8 Å². The molecule has 0 unspecified atom stereocenters. The molecule has 7 nitrogen and oxygen atoms in total. The molecule has 2 N–H and O–H groups in total. The van der Waals surface area contributed by atoms with Crippen LogP contribution >= 0.6 is 0 Å². The van der Waals surface area contributed by atoms with Crippen molar-refractivity contribution in [3.8, 4) is 11.5 Å². The molecule has 10 heteroatoms. The van der Waals surface area contributed by atoms with Gasteiger partial charge in [0.15, 0.2) is 18.1 Å². The molecule has 0 spiro atoms. The number of hydrazone groups is 1. The number of amides is 2. The van der Waals surface area contributed by atoms with E-state index < -0.39 is 24.3 Å². The third kappa shape index (κ3) is 6.52. The van der Waals surface area contributed by atoms with Gasteiger partial charge in [-0.3, -0.25) is 9.59 Å². The molecule has 2 aromatic carbocycles. The number of benzene rings is 2. The monoisotopic (exact) mass is 409 g/mol. The van der Waals surface area contributed by atoms with Gasteiger partial charge in [-0.25, -0.2) is 5.43 Å². The lowest BCUT2D eigenvalue weighted by atomic mass is 10.1.